The van der Waals surface area contributed by atoms with Crippen LogP contribution in [0.25, 0.3) is 0 Å². The fourth-order valence-electron chi connectivity index (χ4n) is 1.96. The number of hydrogen-bond donors (Lipinski definition) is 1. The van der Waals surface area contributed by atoms with Crippen molar-refractivity contribution in [3.8, 4) is 0 Å². The summed E-state index contributed by atoms with van der Waals surface area (Å²) >= 11 is 0. The maximum atomic E-state index is 11.5. The standard InChI is InChI=1S/C15H33NO2S/c1-8-19(17,18)11-9-10-13(14(2,3)4)12-16-15(5,6)7/h13,16H,8-12H2,1-7H3. The molecule has 0 aromatic carbocycles. The van der Waals surface area contributed by atoms with Gasteiger partial charge in [0.1, 0.15) is 9.84 Å². The van der Waals surface area contributed by atoms with Gasteiger partial charge in [-0.25, -0.2) is 8.42 Å². The Bertz CT molecular complexity index is 347. The lowest BCUT2D eigenvalue weighted by Crippen LogP contribution is -2.42. The molecule has 0 bridgehead atoms. The van der Waals surface area contributed by atoms with E-state index in [0.717, 1.165) is 19.4 Å². The van der Waals surface area contributed by atoms with Crippen LogP contribution in [0.3, 0.4) is 0 Å². The number of sulfone groups is 1. The Morgan fingerprint density at radius 2 is 1.58 bits per heavy atom. The Kier molecular flexibility index (Phi) is 7.04. The van der Waals surface area contributed by atoms with Crippen LogP contribution in [0.4, 0.5) is 0 Å². The third-order valence-electron chi connectivity index (χ3n) is 3.55. The van der Waals surface area contributed by atoms with Crippen molar-refractivity contribution in [3.63, 3.8) is 0 Å². The first-order valence-corrected chi connectivity index (χ1v) is 9.15. The highest BCUT2D eigenvalue weighted by Crippen LogP contribution is 2.29. The van der Waals surface area contributed by atoms with Crippen molar-refractivity contribution < 1.29 is 8.42 Å². The molecule has 4 heteroatoms. The number of rotatable bonds is 7. The van der Waals surface area contributed by atoms with Gasteiger partial charge in [0, 0.05) is 11.3 Å². The van der Waals surface area contributed by atoms with E-state index in [1.165, 1.54) is 0 Å². The Labute approximate surface area is 120 Å². The molecule has 0 aromatic heterocycles. The summed E-state index contributed by atoms with van der Waals surface area (Å²) in [6.45, 7) is 15.8. The Morgan fingerprint density at radius 1 is 1.05 bits per heavy atom. The van der Waals surface area contributed by atoms with Gasteiger partial charge in [0.05, 0.1) is 5.75 Å². The van der Waals surface area contributed by atoms with Crippen LogP contribution in [0.5, 0.6) is 0 Å². The second-order valence-electron chi connectivity index (χ2n) is 7.57. The van der Waals surface area contributed by atoms with E-state index in [-0.39, 0.29) is 16.7 Å². The van der Waals surface area contributed by atoms with Crippen LogP contribution < -0.4 is 5.32 Å². The third-order valence-corrected chi connectivity index (χ3v) is 5.34. The lowest BCUT2D eigenvalue weighted by molar-refractivity contribution is 0.202. The average molecular weight is 292 g/mol. The van der Waals surface area contributed by atoms with Crippen molar-refractivity contribution in [3.05, 3.63) is 0 Å². The van der Waals surface area contributed by atoms with Gasteiger partial charge in [-0.05, 0) is 51.5 Å². The molecule has 19 heavy (non-hydrogen) atoms. The summed E-state index contributed by atoms with van der Waals surface area (Å²) in [5.41, 5.74) is 0.313. The van der Waals surface area contributed by atoms with Crippen molar-refractivity contribution >= 4 is 9.84 Å². The first-order valence-electron chi connectivity index (χ1n) is 7.33. The van der Waals surface area contributed by atoms with Gasteiger partial charge in [-0.15, -0.1) is 0 Å². The smallest absolute Gasteiger partial charge is 0.150 e. The quantitative estimate of drug-likeness (QED) is 0.783. The molecule has 0 heterocycles. The van der Waals surface area contributed by atoms with Gasteiger partial charge in [0.15, 0.2) is 0 Å². The molecule has 0 radical (unpaired) electrons. The van der Waals surface area contributed by atoms with Crippen molar-refractivity contribution in [1.82, 2.24) is 5.32 Å². The average Bonchev–Trinajstić information content (AvgIpc) is 2.19. The van der Waals surface area contributed by atoms with Gasteiger partial charge in [0.25, 0.3) is 0 Å². The van der Waals surface area contributed by atoms with E-state index in [1.54, 1.807) is 6.92 Å². The van der Waals surface area contributed by atoms with Gasteiger partial charge in [-0.2, -0.15) is 0 Å². The van der Waals surface area contributed by atoms with Crippen LogP contribution in [0.2, 0.25) is 0 Å². The molecule has 1 N–H and O–H groups in total. The molecule has 0 aromatic rings. The monoisotopic (exact) mass is 291 g/mol. The minimum Gasteiger partial charge on any atom is -0.312 e. The molecule has 1 atom stereocenters. The molecule has 0 spiro atoms. The highest BCUT2D eigenvalue weighted by atomic mass is 32.2. The molecule has 0 rings (SSSR count). The zero-order chi connectivity index (χ0) is 15.3. The molecule has 0 saturated heterocycles. The Balaban J connectivity index is 4.39. The summed E-state index contributed by atoms with van der Waals surface area (Å²) in [7, 11) is -2.82. The van der Waals surface area contributed by atoms with Crippen molar-refractivity contribution in [2.45, 2.75) is 66.8 Å². The first-order chi connectivity index (χ1) is 8.37. The predicted octanol–water partition coefficient (Wildman–Crippen LogP) is 3.25. The van der Waals surface area contributed by atoms with Crippen molar-refractivity contribution in [2.75, 3.05) is 18.1 Å². The normalized spacial score (nSPS) is 15.5. The van der Waals surface area contributed by atoms with E-state index in [9.17, 15) is 8.42 Å². The fourth-order valence-corrected chi connectivity index (χ4v) is 2.86. The van der Waals surface area contributed by atoms with Crippen LogP contribution in [-0.4, -0.2) is 32.0 Å². The van der Waals surface area contributed by atoms with Gasteiger partial charge in [-0.1, -0.05) is 27.7 Å². The van der Waals surface area contributed by atoms with E-state index in [0.29, 0.717) is 11.7 Å². The minimum atomic E-state index is -2.82. The summed E-state index contributed by atoms with van der Waals surface area (Å²) < 4.78 is 23.1. The number of hydrogen-bond acceptors (Lipinski definition) is 3. The van der Waals surface area contributed by atoms with Crippen molar-refractivity contribution in [1.29, 1.82) is 0 Å². The summed E-state index contributed by atoms with van der Waals surface area (Å²) in [6.07, 6.45) is 1.73. The van der Waals surface area contributed by atoms with E-state index >= 15 is 0 Å². The van der Waals surface area contributed by atoms with Crippen LogP contribution in [0.1, 0.15) is 61.3 Å². The SMILES string of the molecule is CCS(=O)(=O)CCCC(CNC(C)(C)C)C(C)(C)C. The summed E-state index contributed by atoms with van der Waals surface area (Å²) in [6, 6.07) is 0. The van der Waals surface area contributed by atoms with Gasteiger partial charge < -0.3 is 5.32 Å². The topological polar surface area (TPSA) is 46.2 Å². The molecule has 0 saturated carbocycles. The molecule has 0 fully saturated rings. The molecule has 116 valence electrons. The zero-order valence-corrected chi connectivity index (χ0v) is 14.7. The summed E-state index contributed by atoms with van der Waals surface area (Å²) in [5.74, 6) is 1.08. The second kappa shape index (κ2) is 7.07. The molecular formula is C15H33NO2S. The minimum absolute atomic E-state index is 0.110. The van der Waals surface area contributed by atoms with E-state index in [4.69, 9.17) is 0 Å². The van der Waals surface area contributed by atoms with Crippen LogP contribution in [0.15, 0.2) is 0 Å². The number of nitrogens with one attached hydrogen (secondary N) is 1. The fraction of sp³-hybridized carbons (Fsp3) is 1.00. The van der Waals surface area contributed by atoms with Crippen molar-refractivity contribution in [2.24, 2.45) is 11.3 Å². The van der Waals surface area contributed by atoms with Crippen LogP contribution in [0, 0.1) is 11.3 Å². The van der Waals surface area contributed by atoms with Crippen LogP contribution in [-0.2, 0) is 9.84 Å². The van der Waals surface area contributed by atoms with Gasteiger partial charge in [0.2, 0.25) is 0 Å². The molecular weight excluding hydrogens is 258 g/mol. The third kappa shape index (κ3) is 9.44. The predicted molar refractivity (Wildman–Crippen MR) is 84.3 cm³/mol. The summed E-state index contributed by atoms with van der Waals surface area (Å²) in [5, 5.41) is 3.54. The highest BCUT2D eigenvalue weighted by Gasteiger charge is 2.26. The lowest BCUT2D eigenvalue weighted by atomic mass is 9.78. The molecule has 1 unspecified atom stereocenters. The molecule has 0 aliphatic heterocycles. The first kappa shape index (κ1) is 18.9. The zero-order valence-electron chi connectivity index (χ0n) is 13.8. The van der Waals surface area contributed by atoms with E-state index in [1.807, 2.05) is 0 Å². The Hall–Kier alpha value is -0.0900. The molecule has 0 aliphatic rings. The second-order valence-corrected chi connectivity index (χ2v) is 10.0. The molecule has 0 aliphatic carbocycles. The van der Waals surface area contributed by atoms with Crippen LogP contribution >= 0.6 is 0 Å². The van der Waals surface area contributed by atoms with Gasteiger partial charge >= 0.3 is 0 Å². The lowest BCUT2D eigenvalue weighted by Gasteiger charge is -2.34. The van der Waals surface area contributed by atoms with Gasteiger partial charge in [-0.3, -0.25) is 0 Å². The highest BCUT2D eigenvalue weighted by molar-refractivity contribution is 7.91. The maximum absolute atomic E-state index is 11.5. The van der Waals surface area contributed by atoms with E-state index < -0.39 is 9.84 Å². The molecule has 3 nitrogen and oxygen atoms in total. The Morgan fingerprint density at radius 3 is 1.95 bits per heavy atom. The van der Waals surface area contributed by atoms with E-state index in [2.05, 4.69) is 46.9 Å². The largest absolute Gasteiger partial charge is 0.312 e. The summed E-state index contributed by atoms with van der Waals surface area (Å²) in [4.78, 5) is 0. The molecule has 0 amide bonds. The maximum Gasteiger partial charge on any atom is 0.150 e.